The van der Waals surface area contributed by atoms with Gasteiger partial charge in [-0.1, -0.05) is 18.2 Å². The summed E-state index contributed by atoms with van der Waals surface area (Å²) in [6.07, 6.45) is 1.49. The standard InChI is InChI=1S/C25H22FN3O3/c26-18-9-7-17(8-10-18)24-23(19-4-1-2-5-20(19)27-24)21(30)16-28-11-13-29(14-12-28)25(31)22-6-3-15-32-22/h1-10,15,27H,11-14,16H2. The lowest BCUT2D eigenvalue weighted by Crippen LogP contribution is -2.49. The van der Waals surface area contributed by atoms with Crippen LogP contribution in [0.1, 0.15) is 20.9 Å². The molecule has 1 amide bonds. The summed E-state index contributed by atoms with van der Waals surface area (Å²) in [5.74, 6) is -0.124. The van der Waals surface area contributed by atoms with Gasteiger partial charge in [0, 0.05) is 37.1 Å². The van der Waals surface area contributed by atoms with Crippen molar-refractivity contribution in [2.75, 3.05) is 32.7 Å². The van der Waals surface area contributed by atoms with Gasteiger partial charge in [0.1, 0.15) is 5.82 Å². The molecule has 32 heavy (non-hydrogen) atoms. The zero-order chi connectivity index (χ0) is 22.1. The van der Waals surface area contributed by atoms with Gasteiger partial charge in [-0.15, -0.1) is 0 Å². The zero-order valence-corrected chi connectivity index (χ0v) is 17.4. The molecule has 1 saturated heterocycles. The van der Waals surface area contributed by atoms with E-state index in [9.17, 15) is 14.0 Å². The number of fused-ring (bicyclic) bond motifs is 1. The van der Waals surface area contributed by atoms with E-state index >= 15 is 0 Å². The van der Waals surface area contributed by atoms with E-state index in [4.69, 9.17) is 4.42 Å². The summed E-state index contributed by atoms with van der Waals surface area (Å²) in [6.45, 7) is 2.52. The van der Waals surface area contributed by atoms with Crippen molar-refractivity contribution in [2.45, 2.75) is 0 Å². The average molecular weight is 431 g/mol. The number of para-hydroxylation sites is 1. The second-order valence-electron chi connectivity index (χ2n) is 7.90. The van der Waals surface area contributed by atoms with Crippen LogP contribution in [0.5, 0.6) is 0 Å². The van der Waals surface area contributed by atoms with Gasteiger partial charge in [-0.2, -0.15) is 0 Å². The fraction of sp³-hybridized carbons (Fsp3) is 0.200. The Morgan fingerprint density at radius 2 is 1.69 bits per heavy atom. The molecule has 0 radical (unpaired) electrons. The van der Waals surface area contributed by atoms with E-state index in [1.807, 2.05) is 24.3 Å². The predicted molar refractivity (Wildman–Crippen MR) is 119 cm³/mol. The highest BCUT2D eigenvalue weighted by molar-refractivity contribution is 6.14. The van der Waals surface area contributed by atoms with Crippen LogP contribution in [0.3, 0.4) is 0 Å². The van der Waals surface area contributed by atoms with Crippen molar-refractivity contribution in [3.8, 4) is 11.3 Å². The van der Waals surface area contributed by atoms with Gasteiger partial charge in [-0.25, -0.2) is 4.39 Å². The molecule has 0 unspecified atom stereocenters. The number of carbonyl (C=O) groups excluding carboxylic acids is 2. The second kappa shape index (κ2) is 8.43. The number of aromatic nitrogens is 1. The van der Waals surface area contributed by atoms with Gasteiger partial charge in [0.25, 0.3) is 5.91 Å². The minimum Gasteiger partial charge on any atom is -0.459 e. The quantitative estimate of drug-likeness (QED) is 0.481. The molecule has 2 aromatic carbocycles. The molecule has 0 aliphatic carbocycles. The van der Waals surface area contributed by atoms with Crippen LogP contribution in [0.25, 0.3) is 22.2 Å². The van der Waals surface area contributed by atoms with Gasteiger partial charge in [-0.3, -0.25) is 14.5 Å². The molecule has 162 valence electrons. The van der Waals surface area contributed by atoms with Crippen molar-refractivity contribution in [3.05, 3.63) is 84.1 Å². The number of nitrogens with zero attached hydrogens (tertiary/aromatic N) is 2. The third kappa shape index (κ3) is 3.83. The molecule has 1 N–H and O–H groups in total. The molecule has 1 fully saturated rings. The van der Waals surface area contributed by atoms with Crippen LogP contribution in [0.4, 0.5) is 4.39 Å². The molecular weight excluding hydrogens is 409 g/mol. The number of aromatic amines is 1. The third-order valence-electron chi connectivity index (χ3n) is 5.88. The van der Waals surface area contributed by atoms with Crippen LogP contribution in [-0.4, -0.2) is 59.2 Å². The number of benzene rings is 2. The molecule has 6 nitrogen and oxygen atoms in total. The van der Waals surface area contributed by atoms with E-state index < -0.39 is 0 Å². The topological polar surface area (TPSA) is 69.6 Å². The molecule has 0 saturated carbocycles. The van der Waals surface area contributed by atoms with E-state index in [1.54, 1.807) is 29.2 Å². The first-order chi connectivity index (χ1) is 15.6. The highest BCUT2D eigenvalue weighted by Gasteiger charge is 2.27. The van der Waals surface area contributed by atoms with Crippen molar-refractivity contribution in [1.29, 1.82) is 0 Å². The predicted octanol–water partition coefficient (Wildman–Crippen LogP) is 4.21. The second-order valence-corrected chi connectivity index (χ2v) is 7.90. The molecule has 4 aromatic rings. The summed E-state index contributed by atoms with van der Waals surface area (Å²) < 4.78 is 18.6. The normalized spacial score (nSPS) is 14.7. The van der Waals surface area contributed by atoms with Gasteiger partial charge in [-0.05, 0) is 48.0 Å². The maximum Gasteiger partial charge on any atom is 0.289 e. The fourth-order valence-corrected chi connectivity index (χ4v) is 4.21. The molecule has 1 aliphatic rings. The molecular formula is C25H22FN3O3. The number of rotatable bonds is 5. The largest absolute Gasteiger partial charge is 0.459 e. The molecule has 1 aliphatic heterocycles. The van der Waals surface area contributed by atoms with Crippen molar-refractivity contribution in [2.24, 2.45) is 0 Å². The Morgan fingerprint density at radius 1 is 0.938 bits per heavy atom. The number of piperazine rings is 1. The molecule has 3 heterocycles. The van der Waals surface area contributed by atoms with Crippen LogP contribution in [0, 0.1) is 5.82 Å². The lowest BCUT2D eigenvalue weighted by atomic mass is 10.0. The van der Waals surface area contributed by atoms with Crippen molar-refractivity contribution < 1.29 is 18.4 Å². The smallest absolute Gasteiger partial charge is 0.289 e. The Labute approximate surface area is 184 Å². The number of carbonyl (C=O) groups is 2. The Bertz CT molecular complexity index is 1250. The van der Waals surface area contributed by atoms with Gasteiger partial charge in [0.2, 0.25) is 0 Å². The lowest BCUT2D eigenvalue weighted by Gasteiger charge is -2.33. The highest BCUT2D eigenvalue weighted by Crippen LogP contribution is 2.31. The Balaban J connectivity index is 1.35. The van der Waals surface area contributed by atoms with Crippen molar-refractivity contribution in [3.63, 3.8) is 0 Å². The maximum atomic E-state index is 13.4. The van der Waals surface area contributed by atoms with Crippen molar-refractivity contribution in [1.82, 2.24) is 14.8 Å². The Morgan fingerprint density at radius 3 is 2.41 bits per heavy atom. The van der Waals surface area contributed by atoms with Crippen LogP contribution >= 0.6 is 0 Å². The number of hydrogen-bond donors (Lipinski definition) is 1. The van der Waals surface area contributed by atoms with Crippen molar-refractivity contribution >= 4 is 22.6 Å². The van der Waals surface area contributed by atoms with Crippen LogP contribution in [0.2, 0.25) is 0 Å². The molecule has 0 spiro atoms. The molecule has 2 aromatic heterocycles. The first kappa shape index (κ1) is 20.2. The lowest BCUT2D eigenvalue weighted by molar-refractivity contribution is 0.0596. The van der Waals surface area contributed by atoms with E-state index in [1.165, 1.54) is 18.4 Å². The van der Waals surface area contributed by atoms with Crippen LogP contribution in [0.15, 0.2) is 71.3 Å². The SMILES string of the molecule is O=C(CN1CCN(C(=O)c2ccco2)CC1)c1c(-c2ccc(F)cc2)[nH]c2ccccc12. The fourth-order valence-electron chi connectivity index (χ4n) is 4.21. The summed E-state index contributed by atoms with van der Waals surface area (Å²) in [5.41, 5.74) is 2.94. The summed E-state index contributed by atoms with van der Waals surface area (Å²) >= 11 is 0. The monoisotopic (exact) mass is 431 g/mol. The average Bonchev–Trinajstić information content (AvgIpc) is 3.48. The third-order valence-corrected chi connectivity index (χ3v) is 5.88. The first-order valence-electron chi connectivity index (χ1n) is 10.5. The van der Waals surface area contributed by atoms with E-state index in [0.29, 0.717) is 43.2 Å². The number of hydrogen-bond acceptors (Lipinski definition) is 4. The van der Waals surface area contributed by atoms with Gasteiger partial charge >= 0.3 is 0 Å². The first-order valence-corrected chi connectivity index (χ1v) is 10.5. The van der Waals surface area contributed by atoms with Crippen LogP contribution in [-0.2, 0) is 0 Å². The van der Waals surface area contributed by atoms with Crippen LogP contribution < -0.4 is 0 Å². The van der Waals surface area contributed by atoms with E-state index in [-0.39, 0.29) is 24.1 Å². The number of amides is 1. The number of nitrogens with one attached hydrogen (secondary N) is 1. The van der Waals surface area contributed by atoms with E-state index in [2.05, 4.69) is 9.88 Å². The molecule has 5 rings (SSSR count). The zero-order valence-electron chi connectivity index (χ0n) is 17.4. The number of halogens is 1. The number of Topliss-reactive ketones (excluding diaryl/α,β-unsaturated/α-hetero) is 1. The minimum absolute atomic E-state index is 0.00686. The Kier molecular flexibility index (Phi) is 5.33. The number of H-pyrrole nitrogens is 1. The summed E-state index contributed by atoms with van der Waals surface area (Å²) in [7, 11) is 0. The minimum atomic E-state index is -0.320. The summed E-state index contributed by atoms with van der Waals surface area (Å²) in [6, 6.07) is 17.2. The molecule has 0 atom stereocenters. The summed E-state index contributed by atoms with van der Waals surface area (Å²) in [4.78, 5) is 33.0. The maximum absolute atomic E-state index is 13.4. The van der Waals surface area contributed by atoms with Gasteiger partial charge < -0.3 is 14.3 Å². The molecule has 0 bridgehead atoms. The van der Waals surface area contributed by atoms with Gasteiger partial charge in [0.15, 0.2) is 11.5 Å². The number of ketones is 1. The van der Waals surface area contributed by atoms with Gasteiger partial charge in [0.05, 0.1) is 24.1 Å². The summed E-state index contributed by atoms with van der Waals surface area (Å²) in [5, 5.41) is 0.850. The van der Waals surface area contributed by atoms with E-state index in [0.717, 1.165) is 16.5 Å². The Hall–Kier alpha value is -3.71. The number of furan rings is 1. The molecule has 7 heteroatoms. The highest BCUT2D eigenvalue weighted by atomic mass is 19.1.